The monoisotopic (exact) mass is 575 g/mol. The van der Waals surface area contributed by atoms with Gasteiger partial charge < -0.3 is 19.9 Å². The molecule has 0 saturated carbocycles. The molecule has 2 aliphatic heterocycles. The highest BCUT2D eigenvalue weighted by Gasteiger charge is 2.31. The number of carbonyl (C=O) groups excluding carboxylic acids is 2. The van der Waals surface area contributed by atoms with Gasteiger partial charge in [0.2, 0.25) is 0 Å². The fourth-order valence-electron chi connectivity index (χ4n) is 5.01. The predicted molar refractivity (Wildman–Crippen MR) is 150 cm³/mol. The first-order chi connectivity index (χ1) is 17.0. The third kappa shape index (κ3) is 6.69. The molecule has 0 unspecified atom stereocenters. The SMILES string of the molecule is CC(C)N1CCC(c2ccc(-c3cc(Br)c(C(=O)N4CC[C@H](NC(=O)OC(C)(C)C)C4)s3)cc2)CC1. The van der Waals surface area contributed by atoms with E-state index in [4.69, 9.17) is 4.74 Å². The number of alkyl carbamates (subject to hydrolysis) is 1. The molecule has 1 aromatic heterocycles. The van der Waals surface area contributed by atoms with Crippen LogP contribution in [0.3, 0.4) is 0 Å². The molecule has 0 spiro atoms. The minimum atomic E-state index is -0.542. The van der Waals surface area contributed by atoms with Crippen LogP contribution in [-0.2, 0) is 4.74 Å². The first-order valence-electron chi connectivity index (χ1n) is 12.9. The molecule has 2 amide bonds. The molecular formula is C28H38BrN3O3S. The lowest BCUT2D eigenvalue weighted by molar-refractivity contribution is 0.0502. The van der Waals surface area contributed by atoms with Crippen molar-refractivity contribution in [1.29, 1.82) is 0 Å². The smallest absolute Gasteiger partial charge is 0.407 e. The van der Waals surface area contributed by atoms with Gasteiger partial charge in [-0.25, -0.2) is 4.79 Å². The Bertz CT molecular complexity index is 1070. The van der Waals surface area contributed by atoms with E-state index in [2.05, 4.69) is 64.3 Å². The van der Waals surface area contributed by atoms with Crippen LogP contribution in [0.1, 0.15) is 75.0 Å². The Morgan fingerprint density at radius 1 is 1.08 bits per heavy atom. The van der Waals surface area contributed by atoms with Gasteiger partial charge in [-0.1, -0.05) is 24.3 Å². The normalized spacial score (nSPS) is 19.6. The van der Waals surface area contributed by atoms with E-state index in [-0.39, 0.29) is 11.9 Å². The average Bonchev–Trinajstić information content (AvgIpc) is 3.44. The summed E-state index contributed by atoms with van der Waals surface area (Å²) in [7, 11) is 0. The molecule has 2 aliphatic rings. The molecule has 2 fully saturated rings. The number of ether oxygens (including phenoxy) is 1. The Balaban J connectivity index is 1.36. The summed E-state index contributed by atoms with van der Waals surface area (Å²) in [4.78, 5) is 31.5. The quantitative estimate of drug-likeness (QED) is 0.441. The van der Waals surface area contributed by atoms with Gasteiger partial charge in [-0.2, -0.15) is 0 Å². The van der Waals surface area contributed by atoms with Gasteiger partial charge in [0.15, 0.2) is 0 Å². The van der Waals surface area contributed by atoms with Crippen LogP contribution in [0.15, 0.2) is 34.8 Å². The molecule has 6 nitrogen and oxygen atoms in total. The Morgan fingerprint density at radius 2 is 1.75 bits per heavy atom. The van der Waals surface area contributed by atoms with Gasteiger partial charge in [-0.3, -0.25) is 4.79 Å². The number of hydrogen-bond acceptors (Lipinski definition) is 5. The van der Waals surface area contributed by atoms with Crippen molar-refractivity contribution in [2.75, 3.05) is 26.2 Å². The number of halogens is 1. The Morgan fingerprint density at radius 3 is 2.36 bits per heavy atom. The van der Waals surface area contributed by atoms with Crippen LogP contribution in [0.2, 0.25) is 0 Å². The zero-order valence-corrected chi connectivity index (χ0v) is 24.4. The fourth-order valence-corrected chi connectivity index (χ4v) is 6.82. The van der Waals surface area contributed by atoms with Crippen LogP contribution in [0, 0.1) is 0 Å². The largest absolute Gasteiger partial charge is 0.444 e. The molecule has 1 N–H and O–H groups in total. The van der Waals surface area contributed by atoms with Crippen molar-refractivity contribution >= 4 is 39.3 Å². The van der Waals surface area contributed by atoms with E-state index >= 15 is 0 Å². The van der Waals surface area contributed by atoms with Crippen molar-refractivity contribution in [2.45, 2.75) is 77.5 Å². The molecule has 1 aromatic carbocycles. The number of piperidine rings is 1. The zero-order valence-electron chi connectivity index (χ0n) is 22.0. The van der Waals surface area contributed by atoms with Gasteiger partial charge >= 0.3 is 6.09 Å². The number of nitrogens with one attached hydrogen (secondary N) is 1. The second kappa shape index (κ2) is 11.2. The van der Waals surface area contributed by atoms with Gasteiger partial charge in [-0.05, 0) is 106 Å². The van der Waals surface area contributed by atoms with Gasteiger partial charge in [-0.15, -0.1) is 11.3 Å². The van der Waals surface area contributed by atoms with Crippen molar-refractivity contribution in [3.63, 3.8) is 0 Å². The van der Waals surface area contributed by atoms with Gasteiger partial charge in [0.05, 0.1) is 6.04 Å². The van der Waals surface area contributed by atoms with Crippen LogP contribution in [0.5, 0.6) is 0 Å². The summed E-state index contributed by atoms with van der Waals surface area (Å²) in [5, 5.41) is 2.89. The van der Waals surface area contributed by atoms with E-state index in [1.165, 1.54) is 29.7 Å². The van der Waals surface area contributed by atoms with Crippen LogP contribution in [0.4, 0.5) is 4.79 Å². The lowest BCUT2D eigenvalue weighted by Gasteiger charge is -2.34. The number of benzene rings is 1. The Hall–Kier alpha value is -1.90. The number of hydrogen-bond donors (Lipinski definition) is 1. The summed E-state index contributed by atoms with van der Waals surface area (Å²) in [5.41, 5.74) is 2.00. The lowest BCUT2D eigenvalue weighted by atomic mass is 9.88. The Kier molecular flexibility index (Phi) is 8.47. The van der Waals surface area contributed by atoms with Crippen molar-refractivity contribution < 1.29 is 14.3 Å². The fraction of sp³-hybridized carbons (Fsp3) is 0.571. The molecule has 8 heteroatoms. The molecule has 0 bridgehead atoms. The number of carbonyl (C=O) groups is 2. The number of rotatable bonds is 5. The maximum atomic E-state index is 13.3. The maximum absolute atomic E-state index is 13.3. The molecule has 2 aromatic rings. The van der Waals surface area contributed by atoms with E-state index < -0.39 is 11.7 Å². The highest BCUT2D eigenvalue weighted by Crippen LogP contribution is 2.37. The third-order valence-corrected chi connectivity index (χ3v) is 9.06. The van der Waals surface area contributed by atoms with Crippen LogP contribution >= 0.6 is 27.3 Å². The van der Waals surface area contributed by atoms with Crippen molar-refractivity contribution in [1.82, 2.24) is 15.1 Å². The van der Waals surface area contributed by atoms with Crippen LogP contribution in [0.25, 0.3) is 10.4 Å². The first-order valence-corrected chi connectivity index (χ1v) is 14.5. The second-order valence-electron chi connectivity index (χ2n) is 11.2. The van der Waals surface area contributed by atoms with Crippen molar-refractivity contribution in [3.05, 3.63) is 45.2 Å². The highest BCUT2D eigenvalue weighted by molar-refractivity contribution is 9.10. The summed E-state index contributed by atoms with van der Waals surface area (Å²) in [6, 6.07) is 11.5. The van der Waals surface area contributed by atoms with Gasteiger partial charge in [0.1, 0.15) is 10.5 Å². The van der Waals surface area contributed by atoms with E-state index in [9.17, 15) is 9.59 Å². The van der Waals surface area contributed by atoms with Gasteiger partial charge in [0, 0.05) is 28.5 Å². The summed E-state index contributed by atoms with van der Waals surface area (Å²) in [6.45, 7) is 13.5. The molecule has 36 heavy (non-hydrogen) atoms. The summed E-state index contributed by atoms with van der Waals surface area (Å²) >= 11 is 5.13. The third-order valence-electron chi connectivity index (χ3n) is 7.00. The maximum Gasteiger partial charge on any atom is 0.407 e. The summed E-state index contributed by atoms with van der Waals surface area (Å²) < 4.78 is 6.17. The Labute approximate surface area is 227 Å². The molecule has 196 valence electrons. The molecular weight excluding hydrogens is 538 g/mol. The van der Waals surface area contributed by atoms with Crippen LogP contribution < -0.4 is 5.32 Å². The van der Waals surface area contributed by atoms with E-state index in [1.807, 2.05) is 31.7 Å². The number of amides is 2. The minimum absolute atomic E-state index is 0.000135. The number of thiophene rings is 1. The molecule has 4 rings (SSSR count). The second-order valence-corrected chi connectivity index (χ2v) is 13.1. The molecule has 3 heterocycles. The van der Waals surface area contributed by atoms with Crippen molar-refractivity contribution in [3.8, 4) is 10.4 Å². The highest BCUT2D eigenvalue weighted by atomic mass is 79.9. The standard InChI is InChI=1S/C28H38BrN3O3S/c1-18(2)31-13-10-20(11-14-31)19-6-8-21(9-7-19)24-16-23(29)25(36-24)26(33)32-15-12-22(17-32)30-27(34)35-28(3,4)5/h6-9,16,18,20,22H,10-15,17H2,1-5H3,(H,30,34)/t22-/m0/s1. The predicted octanol–water partition coefficient (Wildman–Crippen LogP) is 6.50. The lowest BCUT2D eigenvalue weighted by Crippen LogP contribution is -2.41. The zero-order chi connectivity index (χ0) is 26.0. The number of nitrogens with zero attached hydrogens (tertiary/aromatic N) is 2. The van der Waals surface area contributed by atoms with E-state index in [0.29, 0.717) is 29.9 Å². The van der Waals surface area contributed by atoms with E-state index in [1.54, 1.807) is 0 Å². The van der Waals surface area contributed by atoms with Gasteiger partial charge in [0.25, 0.3) is 5.91 Å². The average molecular weight is 577 g/mol. The summed E-state index contributed by atoms with van der Waals surface area (Å²) in [6.07, 6.45) is 2.70. The topological polar surface area (TPSA) is 61.9 Å². The molecule has 2 saturated heterocycles. The van der Waals surface area contributed by atoms with Crippen molar-refractivity contribution in [2.24, 2.45) is 0 Å². The minimum Gasteiger partial charge on any atom is -0.444 e. The number of likely N-dealkylation sites (tertiary alicyclic amines) is 2. The molecule has 0 radical (unpaired) electrons. The van der Waals surface area contributed by atoms with E-state index in [0.717, 1.165) is 34.4 Å². The molecule has 0 aliphatic carbocycles. The summed E-state index contributed by atoms with van der Waals surface area (Å²) in [5.74, 6) is 0.624. The first kappa shape index (κ1) is 27.1. The molecule has 1 atom stereocenters. The van der Waals surface area contributed by atoms with Crippen LogP contribution in [-0.4, -0.2) is 65.7 Å².